The molecule has 2 aromatic carbocycles. The summed E-state index contributed by atoms with van der Waals surface area (Å²) in [6, 6.07) is 16.4. The Hall–Kier alpha value is -3.33. The Bertz CT molecular complexity index is 1070. The normalized spacial score (nSPS) is 14.1. The van der Waals surface area contributed by atoms with Crippen molar-refractivity contribution >= 4 is 35.0 Å². The van der Waals surface area contributed by atoms with Crippen molar-refractivity contribution in [2.75, 3.05) is 22.6 Å². The molecule has 1 atom stereocenters. The second-order valence-corrected chi connectivity index (χ2v) is 7.74. The average Bonchev–Trinajstić information content (AvgIpc) is 3.13. The van der Waals surface area contributed by atoms with Gasteiger partial charge in [0.1, 0.15) is 5.75 Å². The van der Waals surface area contributed by atoms with Crippen LogP contribution in [0.2, 0.25) is 0 Å². The Kier molecular flexibility index (Phi) is 5.71. The Balaban J connectivity index is 1.47. The van der Waals surface area contributed by atoms with Crippen LogP contribution in [-0.2, 0) is 16.6 Å². The number of rotatable bonds is 6. The van der Waals surface area contributed by atoms with E-state index < -0.39 is 0 Å². The number of aromatic nitrogens is 3. The molecule has 1 aliphatic rings. The van der Waals surface area contributed by atoms with Gasteiger partial charge in [-0.25, -0.2) is 0 Å². The Morgan fingerprint density at radius 3 is 2.70 bits per heavy atom. The number of anilines is 2. The first kappa shape index (κ1) is 20.0. The van der Waals surface area contributed by atoms with E-state index in [1.807, 2.05) is 73.1 Å². The van der Waals surface area contributed by atoms with Crippen molar-refractivity contribution in [3.8, 4) is 5.75 Å². The SMILES string of the molecule is C[C@H](c1nnc(SCC(=O)Nc2ccccc2)n1C)N1C(=O)COc2ccccc21. The van der Waals surface area contributed by atoms with E-state index in [-0.39, 0.29) is 30.2 Å². The molecule has 9 heteroatoms. The van der Waals surface area contributed by atoms with Crippen molar-refractivity contribution in [1.82, 2.24) is 14.8 Å². The lowest BCUT2D eigenvalue weighted by Gasteiger charge is -2.33. The topological polar surface area (TPSA) is 89.4 Å². The first-order valence-electron chi connectivity index (χ1n) is 9.45. The minimum absolute atomic E-state index is 0.0134. The molecule has 0 radical (unpaired) electrons. The van der Waals surface area contributed by atoms with E-state index in [0.717, 1.165) is 5.69 Å². The molecule has 1 aliphatic heterocycles. The first-order valence-corrected chi connectivity index (χ1v) is 10.4. The zero-order valence-corrected chi connectivity index (χ0v) is 17.4. The van der Waals surface area contributed by atoms with E-state index in [1.165, 1.54) is 11.8 Å². The molecule has 0 saturated heterocycles. The first-order chi connectivity index (χ1) is 14.5. The van der Waals surface area contributed by atoms with E-state index in [0.29, 0.717) is 22.4 Å². The van der Waals surface area contributed by atoms with Gasteiger partial charge in [-0.2, -0.15) is 0 Å². The highest BCUT2D eigenvalue weighted by molar-refractivity contribution is 7.99. The number of thioether (sulfide) groups is 1. The maximum atomic E-state index is 12.6. The van der Waals surface area contributed by atoms with Gasteiger partial charge in [-0.15, -0.1) is 10.2 Å². The van der Waals surface area contributed by atoms with Crippen LogP contribution in [0.4, 0.5) is 11.4 Å². The van der Waals surface area contributed by atoms with Crippen LogP contribution in [0, 0.1) is 0 Å². The molecule has 30 heavy (non-hydrogen) atoms. The maximum absolute atomic E-state index is 12.6. The third kappa shape index (κ3) is 4.02. The molecule has 0 saturated carbocycles. The van der Waals surface area contributed by atoms with E-state index in [9.17, 15) is 9.59 Å². The number of carbonyl (C=O) groups excluding carboxylic acids is 2. The van der Waals surface area contributed by atoms with Crippen LogP contribution in [-0.4, -0.2) is 38.9 Å². The van der Waals surface area contributed by atoms with Gasteiger partial charge in [-0.1, -0.05) is 42.1 Å². The number of carbonyl (C=O) groups is 2. The summed E-state index contributed by atoms with van der Waals surface area (Å²) >= 11 is 1.29. The van der Waals surface area contributed by atoms with Gasteiger partial charge in [-0.3, -0.25) is 14.5 Å². The monoisotopic (exact) mass is 423 g/mol. The molecule has 0 aliphatic carbocycles. The predicted octanol–water partition coefficient (Wildman–Crippen LogP) is 3.03. The van der Waals surface area contributed by atoms with Gasteiger partial charge in [-0.05, 0) is 31.2 Å². The lowest BCUT2D eigenvalue weighted by atomic mass is 10.1. The number of nitrogens with zero attached hydrogens (tertiary/aromatic N) is 4. The molecule has 2 heterocycles. The summed E-state index contributed by atoms with van der Waals surface area (Å²) in [5.41, 5.74) is 1.46. The number of ether oxygens (including phenoxy) is 1. The van der Waals surface area contributed by atoms with Crippen molar-refractivity contribution in [1.29, 1.82) is 0 Å². The standard InChI is InChI=1S/C21H21N5O3S/c1-14(26-16-10-6-7-11-17(16)29-12-19(26)28)20-23-24-21(25(20)2)30-13-18(27)22-15-8-4-3-5-9-15/h3-11,14H,12-13H2,1-2H3,(H,22,27)/t14-/m1/s1. The largest absolute Gasteiger partial charge is 0.482 e. The second-order valence-electron chi connectivity index (χ2n) is 6.80. The number of benzene rings is 2. The van der Waals surface area contributed by atoms with E-state index >= 15 is 0 Å². The summed E-state index contributed by atoms with van der Waals surface area (Å²) in [5, 5.41) is 12.0. The maximum Gasteiger partial charge on any atom is 0.265 e. The molecule has 0 fully saturated rings. The van der Waals surface area contributed by atoms with Crippen molar-refractivity contribution in [3.05, 3.63) is 60.4 Å². The van der Waals surface area contributed by atoms with Gasteiger partial charge in [0.25, 0.3) is 5.91 Å². The highest BCUT2D eigenvalue weighted by atomic mass is 32.2. The van der Waals surface area contributed by atoms with Gasteiger partial charge < -0.3 is 14.6 Å². The molecular weight excluding hydrogens is 402 g/mol. The fourth-order valence-electron chi connectivity index (χ4n) is 3.33. The molecule has 3 aromatic rings. The van der Waals surface area contributed by atoms with Gasteiger partial charge in [0, 0.05) is 12.7 Å². The summed E-state index contributed by atoms with van der Waals surface area (Å²) in [6.07, 6.45) is 0. The summed E-state index contributed by atoms with van der Waals surface area (Å²) in [6.45, 7) is 1.89. The van der Waals surface area contributed by atoms with Crippen LogP contribution in [0.1, 0.15) is 18.8 Å². The number of para-hydroxylation sites is 3. The Morgan fingerprint density at radius 1 is 1.17 bits per heavy atom. The molecule has 4 rings (SSSR count). The molecule has 8 nitrogen and oxygen atoms in total. The third-order valence-electron chi connectivity index (χ3n) is 4.76. The summed E-state index contributed by atoms with van der Waals surface area (Å²) in [4.78, 5) is 26.5. The molecule has 0 bridgehead atoms. The van der Waals surface area contributed by atoms with Crippen LogP contribution in [0.15, 0.2) is 59.8 Å². The Labute approximate surface area is 178 Å². The lowest BCUT2D eigenvalue weighted by Crippen LogP contribution is -2.41. The molecule has 0 unspecified atom stereocenters. The summed E-state index contributed by atoms with van der Waals surface area (Å²) in [5.74, 6) is 1.24. The quantitative estimate of drug-likeness (QED) is 0.613. The van der Waals surface area contributed by atoms with Crippen LogP contribution in [0.3, 0.4) is 0 Å². The summed E-state index contributed by atoms with van der Waals surface area (Å²) in [7, 11) is 1.83. The zero-order chi connectivity index (χ0) is 21.1. The van der Waals surface area contributed by atoms with Crippen LogP contribution < -0.4 is 15.0 Å². The number of hydrogen-bond donors (Lipinski definition) is 1. The van der Waals surface area contributed by atoms with E-state index in [2.05, 4.69) is 15.5 Å². The van der Waals surface area contributed by atoms with Crippen molar-refractivity contribution in [3.63, 3.8) is 0 Å². The molecule has 1 aromatic heterocycles. The van der Waals surface area contributed by atoms with Gasteiger partial charge >= 0.3 is 0 Å². The Morgan fingerprint density at radius 2 is 1.90 bits per heavy atom. The predicted molar refractivity (Wildman–Crippen MR) is 115 cm³/mol. The number of hydrogen-bond acceptors (Lipinski definition) is 6. The molecule has 0 spiro atoms. The smallest absolute Gasteiger partial charge is 0.265 e. The minimum atomic E-state index is -0.340. The molecule has 1 N–H and O–H groups in total. The van der Waals surface area contributed by atoms with Crippen LogP contribution >= 0.6 is 11.8 Å². The second kappa shape index (κ2) is 8.58. The average molecular weight is 423 g/mol. The lowest BCUT2D eigenvalue weighted by molar-refractivity contribution is -0.121. The van der Waals surface area contributed by atoms with Crippen LogP contribution in [0.25, 0.3) is 0 Å². The number of fused-ring (bicyclic) bond motifs is 1. The van der Waals surface area contributed by atoms with Gasteiger partial charge in [0.2, 0.25) is 5.91 Å². The highest BCUT2D eigenvalue weighted by Crippen LogP contribution is 2.37. The third-order valence-corrected chi connectivity index (χ3v) is 5.78. The van der Waals surface area contributed by atoms with Gasteiger partial charge in [0.15, 0.2) is 17.6 Å². The fraction of sp³-hybridized carbons (Fsp3) is 0.238. The number of nitrogens with one attached hydrogen (secondary N) is 1. The summed E-state index contributed by atoms with van der Waals surface area (Å²) < 4.78 is 7.33. The molecular formula is C21H21N5O3S. The number of amides is 2. The van der Waals surface area contributed by atoms with Crippen LogP contribution in [0.5, 0.6) is 5.75 Å². The highest BCUT2D eigenvalue weighted by Gasteiger charge is 2.32. The van der Waals surface area contributed by atoms with Gasteiger partial charge in [0.05, 0.1) is 17.5 Å². The fourth-order valence-corrected chi connectivity index (χ4v) is 4.04. The van der Waals surface area contributed by atoms with E-state index in [1.54, 1.807) is 4.90 Å². The minimum Gasteiger partial charge on any atom is -0.482 e. The van der Waals surface area contributed by atoms with Crippen molar-refractivity contribution in [2.24, 2.45) is 7.05 Å². The van der Waals surface area contributed by atoms with Crippen molar-refractivity contribution < 1.29 is 14.3 Å². The van der Waals surface area contributed by atoms with E-state index in [4.69, 9.17) is 4.74 Å². The van der Waals surface area contributed by atoms with Crippen molar-refractivity contribution in [2.45, 2.75) is 18.1 Å². The zero-order valence-electron chi connectivity index (χ0n) is 16.6. The molecule has 2 amide bonds. The molecule has 154 valence electrons.